The van der Waals surface area contributed by atoms with Crippen molar-refractivity contribution in [2.75, 3.05) is 24.5 Å². The van der Waals surface area contributed by atoms with Gasteiger partial charge >= 0.3 is 12.3 Å². The van der Waals surface area contributed by atoms with Gasteiger partial charge in [0.25, 0.3) is 0 Å². The van der Waals surface area contributed by atoms with E-state index in [4.69, 9.17) is 0 Å². The number of aromatic nitrogens is 2. The molecule has 0 atom stereocenters. The largest absolute Gasteiger partial charge is 0.465 e. The molecule has 2 aromatic heterocycles. The molecule has 6 nitrogen and oxygen atoms in total. The smallest absolute Gasteiger partial charge is 0.416 e. The summed E-state index contributed by atoms with van der Waals surface area (Å²) < 4.78 is 39.2. The monoisotopic (exact) mass is 476 g/mol. The Morgan fingerprint density at radius 3 is 2.61 bits per heavy atom. The molecule has 1 aliphatic heterocycles. The molecule has 0 unspecified atom stereocenters. The lowest BCUT2D eigenvalue weighted by molar-refractivity contribution is -0.137. The van der Waals surface area contributed by atoms with Gasteiger partial charge in [-0.15, -0.1) is 11.3 Å². The van der Waals surface area contributed by atoms with Crippen molar-refractivity contribution in [3.05, 3.63) is 64.6 Å². The molecule has 1 N–H and O–H groups in total. The third kappa shape index (κ3) is 5.81. The van der Waals surface area contributed by atoms with E-state index >= 15 is 0 Å². The first-order chi connectivity index (χ1) is 15.8. The molecule has 1 saturated heterocycles. The van der Waals surface area contributed by atoms with Gasteiger partial charge in [0.2, 0.25) is 0 Å². The number of nitrogens with zero attached hydrogens (tertiary/aromatic N) is 4. The molecular weight excluding hydrogens is 453 g/mol. The van der Waals surface area contributed by atoms with Gasteiger partial charge in [-0.05, 0) is 43.0 Å². The fraction of sp³-hybridized carbons (Fsp3) is 0.348. The van der Waals surface area contributed by atoms with E-state index in [0.717, 1.165) is 30.7 Å². The van der Waals surface area contributed by atoms with Crippen LogP contribution in [-0.2, 0) is 12.7 Å². The molecule has 0 saturated carbocycles. The maximum Gasteiger partial charge on any atom is 0.416 e. The molecule has 10 heteroatoms. The second kappa shape index (κ2) is 9.78. The Bertz CT molecular complexity index is 1080. The number of carbonyl (C=O) groups is 1. The second-order valence-corrected chi connectivity index (χ2v) is 8.75. The zero-order chi connectivity index (χ0) is 23.4. The van der Waals surface area contributed by atoms with E-state index in [9.17, 15) is 23.1 Å². The van der Waals surface area contributed by atoms with Gasteiger partial charge in [0.05, 0.1) is 29.0 Å². The van der Waals surface area contributed by atoms with Gasteiger partial charge in [-0.3, -0.25) is 0 Å². The minimum absolute atomic E-state index is 0.225. The average Bonchev–Trinajstić information content (AvgIpc) is 3.32. The topological polar surface area (TPSA) is 69.6 Å². The van der Waals surface area contributed by atoms with Gasteiger partial charge in [-0.2, -0.15) is 13.2 Å². The van der Waals surface area contributed by atoms with Crippen molar-refractivity contribution in [1.29, 1.82) is 0 Å². The minimum Gasteiger partial charge on any atom is -0.465 e. The van der Waals surface area contributed by atoms with E-state index in [1.807, 2.05) is 11.4 Å². The Balaban J connectivity index is 1.40. The van der Waals surface area contributed by atoms with Crippen LogP contribution in [0.5, 0.6) is 0 Å². The summed E-state index contributed by atoms with van der Waals surface area (Å²) in [4.78, 5) is 23.9. The zero-order valence-electron chi connectivity index (χ0n) is 17.7. The first-order valence-corrected chi connectivity index (χ1v) is 11.5. The van der Waals surface area contributed by atoms with Gasteiger partial charge in [0.1, 0.15) is 5.82 Å². The van der Waals surface area contributed by atoms with Crippen LogP contribution < -0.4 is 4.90 Å². The van der Waals surface area contributed by atoms with Crippen LogP contribution >= 0.6 is 11.3 Å². The summed E-state index contributed by atoms with van der Waals surface area (Å²) in [6.07, 6.45) is -3.76. The molecule has 0 radical (unpaired) electrons. The standard InChI is InChI=1S/C23H23F3N4O2S/c24-23(25,26)18-4-1-3-17(11-18)20-5-2-6-21(28-20)29-9-7-16(8-10-29)12-30(22(31)32)13-19-14-33-15-27-19/h1-6,11,14-16H,7-10,12-13H2,(H,31,32). The highest BCUT2D eigenvalue weighted by molar-refractivity contribution is 7.07. The Morgan fingerprint density at radius 1 is 1.18 bits per heavy atom. The van der Waals surface area contributed by atoms with E-state index in [0.29, 0.717) is 36.7 Å². The van der Waals surface area contributed by atoms with Crippen LogP contribution in [0.25, 0.3) is 11.3 Å². The average molecular weight is 477 g/mol. The summed E-state index contributed by atoms with van der Waals surface area (Å²) in [6.45, 7) is 2.12. The molecule has 0 spiro atoms. The fourth-order valence-electron chi connectivity index (χ4n) is 3.99. The Labute approximate surface area is 193 Å². The van der Waals surface area contributed by atoms with Crippen molar-refractivity contribution >= 4 is 23.2 Å². The number of hydrogen-bond acceptors (Lipinski definition) is 5. The van der Waals surface area contributed by atoms with Crippen molar-refractivity contribution in [3.8, 4) is 11.3 Å². The van der Waals surface area contributed by atoms with Crippen LogP contribution in [0.2, 0.25) is 0 Å². The normalized spacial score (nSPS) is 14.9. The van der Waals surface area contributed by atoms with Crippen molar-refractivity contribution < 1.29 is 23.1 Å². The zero-order valence-corrected chi connectivity index (χ0v) is 18.5. The molecule has 0 aliphatic carbocycles. The van der Waals surface area contributed by atoms with E-state index in [1.165, 1.54) is 22.3 Å². The number of pyridine rings is 1. The number of anilines is 1. The third-order valence-electron chi connectivity index (χ3n) is 5.74. The highest BCUT2D eigenvalue weighted by Gasteiger charge is 2.30. The van der Waals surface area contributed by atoms with Crippen molar-refractivity contribution in [2.45, 2.75) is 25.6 Å². The SMILES string of the molecule is O=C(O)N(Cc1cscn1)CC1CCN(c2cccc(-c3cccc(C(F)(F)F)c3)n2)CC1. The molecule has 3 heterocycles. The summed E-state index contributed by atoms with van der Waals surface area (Å²) in [5.74, 6) is 0.934. The first kappa shape index (κ1) is 23.0. The second-order valence-electron chi connectivity index (χ2n) is 8.03. The van der Waals surface area contributed by atoms with Crippen LogP contribution in [0.15, 0.2) is 53.4 Å². The van der Waals surface area contributed by atoms with Gasteiger partial charge < -0.3 is 14.9 Å². The summed E-state index contributed by atoms with van der Waals surface area (Å²) in [5, 5.41) is 11.4. The van der Waals surface area contributed by atoms with Gasteiger partial charge in [-0.1, -0.05) is 18.2 Å². The van der Waals surface area contributed by atoms with E-state index in [1.54, 1.807) is 23.7 Å². The van der Waals surface area contributed by atoms with Gasteiger partial charge in [-0.25, -0.2) is 14.8 Å². The summed E-state index contributed by atoms with van der Waals surface area (Å²) in [5.41, 5.74) is 2.64. The maximum atomic E-state index is 13.1. The summed E-state index contributed by atoms with van der Waals surface area (Å²) in [6, 6.07) is 10.5. The van der Waals surface area contributed by atoms with Crippen molar-refractivity contribution in [2.24, 2.45) is 5.92 Å². The highest BCUT2D eigenvalue weighted by atomic mass is 32.1. The molecule has 1 aliphatic rings. The number of hydrogen-bond donors (Lipinski definition) is 1. The molecule has 1 aromatic carbocycles. The number of benzene rings is 1. The van der Waals surface area contributed by atoms with Gasteiger partial charge in [0, 0.05) is 30.6 Å². The molecule has 1 amide bonds. The number of thiazole rings is 1. The lowest BCUT2D eigenvalue weighted by Gasteiger charge is -2.34. The number of piperidine rings is 1. The predicted octanol–water partition coefficient (Wildman–Crippen LogP) is 5.62. The lowest BCUT2D eigenvalue weighted by Crippen LogP contribution is -2.40. The predicted molar refractivity (Wildman–Crippen MR) is 120 cm³/mol. The molecule has 4 rings (SSSR count). The van der Waals surface area contributed by atoms with Gasteiger partial charge in [0.15, 0.2) is 0 Å². The Morgan fingerprint density at radius 2 is 1.94 bits per heavy atom. The van der Waals surface area contributed by atoms with Crippen LogP contribution in [0, 0.1) is 5.92 Å². The molecule has 0 bridgehead atoms. The Kier molecular flexibility index (Phi) is 6.83. The quantitative estimate of drug-likeness (QED) is 0.500. The van der Waals surface area contributed by atoms with Crippen molar-refractivity contribution in [3.63, 3.8) is 0 Å². The number of amides is 1. The number of carboxylic acid groups (broad SMARTS) is 1. The third-order valence-corrected chi connectivity index (χ3v) is 6.38. The minimum atomic E-state index is -4.40. The molecule has 3 aromatic rings. The molecular formula is C23H23F3N4O2S. The number of alkyl halides is 3. The lowest BCUT2D eigenvalue weighted by atomic mass is 9.96. The van der Waals surface area contributed by atoms with Crippen LogP contribution in [0.1, 0.15) is 24.1 Å². The Hall–Kier alpha value is -3.14. The molecule has 1 fully saturated rings. The fourth-order valence-corrected chi connectivity index (χ4v) is 4.54. The van der Waals surface area contributed by atoms with E-state index in [2.05, 4.69) is 14.9 Å². The maximum absolute atomic E-state index is 13.1. The van der Waals surface area contributed by atoms with E-state index in [-0.39, 0.29) is 12.5 Å². The number of halogens is 3. The van der Waals surface area contributed by atoms with Crippen molar-refractivity contribution in [1.82, 2.24) is 14.9 Å². The van der Waals surface area contributed by atoms with Crippen LogP contribution in [-0.4, -0.2) is 45.7 Å². The molecule has 33 heavy (non-hydrogen) atoms. The highest BCUT2D eigenvalue weighted by Crippen LogP contribution is 2.32. The number of rotatable bonds is 6. The van der Waals surface area contributed by atoms with E-state index < -0.39 is 17.8 Å². The first-order valence-electron chi connectivity index (χ1n) is 10.5. The summed E-state index contributed by atoms with van der Waals surface area (Å²) >= 11 is 1.44. The summed E-state index contributed by atoms with van der Waals surface area (Å²) in [7, 11) is 0. The van der Waals surface area contributed by atoms with Crippen LogP contribution in [0.4, 0.5) is 23.8 Å². The van der Waals surface area contributed by atoms with Crippen LogP contribution in [0.3, 0.4) is 0 Å². The molecule has 174 valence electrons.